The van der Waals surface area contributed by atoms with E-state index in [2.05, 4.69) is 47.2 Å². The Morgan fingerprint density at radius 1 is 1.28 bits per heavy atom. The average molecular weight is 446 g/mol. The van der Waals surface area contributed by atoms with Gasteiger partial charge in [0.05, 0.1) is 12.1 Å². The van der Waals surface area contributed by atoms with Crippen molar-refractivity contribution in [3.8, 4) is 0 Å². The number of nitrogens with zero attached hydrogens (tertiary/aromatic N) is 1. The minimum absolute atomic E-state index is 0.0193. The maximum absolute atomic E-state index is 13.9. The molecule has 3 heterocycles. The fourth-order valence-corrected chi connectivity index (χ4v) is 5.68. The Hall–Kier alpha value is -2.03. The molecule has 0 bridgehead atoms. The van der Waals surface area contributed by atoms with Crippen LogP contribution in [0, 0.1) is 29.5 Å². The number of benzene rings is 1. The number of carbonyl (C=O) groups is 2. The number of hydrazine groups is 1. The Labute approximate surface area is 189 Å². The molecule has 3 saturated heterocycles. The lowest BCUT2D eigenvalue weighted by Crippen LogP contribution is -2.58. The third-order valence-corrected chi connectivity index (χ3v) is 7.37. The highest BCUT2D eigenvalue weighted by Gasteiger charge is 2.48. The van der Waals surface area contributed by atoms with Gasteiger partial charge in [-0.15, -0.1) is 0 Å². The Morgan fingerprint density at radius 3 is 2.75 bits per heavy atom. The van der Waals surface area contributed by atoms with Crippen LogP contribution in [-0.4, -0.2) is 48.2 Å². The molecule has 3 aliphatic rings. The molecule has 7 nitrogen and oxygen atoms in total. The Bertz CT molecular complexity index is 849. The molecule has 0 radical (unpaired) electrons. The van der Waals surface area contributed by atoms with Crippen LogP contribution >= 0.6 is 0 Å². The second-order valence-electron chi connectivity index (χ2n) is 10.1. The number of amides is 2. The first-order valence-corrected chi connectivity index (χ1v) is 11.9. The van der Waals surface area contributed by atoms with Gasteiger partial charge in [-0.2, -0.15) is 0 Å². The van der Waals surface area contributed by atoms with Crippen molar-refractivity contribution >= 4 is 11.8 Å². The molecule has 176 valence electrons. The molecule has 32 heavy (non-hydrogen) atoms. The summed E-state index contributed by atoms with van der Waals surface area (Å²) in [7, 11) is 0. The van der Waals surface area contributed by atoms with Gasteiger partial charge in [-0.3, -0.25) is 20.3 Å². The van der Waals surface area contributed by atoms with Crippen LogP contribution < -0.4 is 21.4 Å². The van der Waals surface area contributed by atoms with Crippen molar-refractivity contribution in [1.29, 1.82) is 0 Å². The lowest BCUT2D eigenvalue weighted by Gasteiger charge is -2.42. The van der Waals surface area contributed by atoms with E-state index >= 15 is 0 Å². The largest absolute Gasteiger partial charge is 0.355 e. The van der Waals surface area contributed by atoms with Gasteiger partial charge in [0.2, 0.25) is 11.8 Å². The summed E-state index contributed by atoms with van der Waals surface area (Å²) in [4.78, 5) is 25.8. The van der Waals surface area contributed by atoms with E-state index in [1.807, 2.05) is 13.0 Å². The first-order valence-electron chi connectivity index (χ1n) is 11.9. The maximum atomic E-state index is 13.9. The van der Waals surface area contributed by atoms with Crippen LogP contribution in [-0.2, 0) is 9.59 Å². The molecule has 3 aliphatic heterocycles. The first kappa shape index (κ1) is 23.1. The van der Waals surface area contributed by atoms with Gasteiger partial charge in [-0.1, -0.05) is 19.1 Å². The van der Waals surface area contributed by atoms with Crippen molar-refractivity contribution in [2.24, 2.45) is 23.7 Å². The van der Waals surface area contributed by atoms with Crippen LogP contribution in [0.4, 0.5) is 4.39 Å². The summed E-state index contributed by atoms with van der Waals surface area (Å²) in [6, 6.07) is 6.91. The molecule has 3 fully saturated rings. The lowest BCUT2D eigenvalue weighted by molar-refractivity contribution is -0.132. The molecule has 7 atom stereocenters. The van der Waals surface area contributed by atoms with Crippen LogP contribution in [0.5, 0.6) is 0 Å². The zero-order chi connectivity index (χ0) is 23.0. The van der Waals surface area contributed by atoms with Crippen LogP contribution in [0.15, 0.2) is 24.3 Å². The summed E-state index contributed by atoms with van der Waals surface area (Å²) in [5, 5.41) is 11.9. The zero-order valence-corrected chi connectivity index (χ0v) is 19.4. The molecule has 8 heteroatoms. The number of hydrogen-bond acceptors (Lipinski definition) is 5. The minimum atomic E-state index is -0.274. The molecule has 0 aromatic heterocycles. The molecule has 0 spiro atoms. The summed E-state index contributed by atoms with van der Waals surface area (Å²) < 4.78 is 13.9. The van der Waals surface area contributed by atoms with Crippen LogP contribution in [0.1, 0.15) is 52.1 Å². The zero-order valence-electron chi connectivity index (χ0n) is 19.4. The Morgan fingerprint density at radius 2 is 2.06 bits per heavy atom. The molecule has 7 unspecified atom stereocenters. The van der Waals surface area contributed by atoms with Crippen LogP contribution in [0.2, 0.25) is 0 Å². The van der Waals surface area contributed by atoms with Gasteiger partial charge < -0.3 is 10.6 Å². The van der Waals surface area contributed by atoms with Crippen molar-refractivity contribution in [2.75, 3.05) is 13.1 Å². The number of rotatable bonds is 5. The predicted molar refractivity (Wildman–Crippen MR) is 121 cm³/mol. The fourth-order valence-electron chi connectivity index (χ4n) is 5.68. The van der Waals surface area contributed by atoms with Crippen molar-refractivity contribution in [3.05, 3.63) is 35.6 Å². The van der Waals surface area contributed by atoms with Gasteiger partial charge in [0.15, 0.2) is 0 Å². The number of hydrogen-bond donors (Lipinski definition) is 4. The molecule has 4 rings (SSSR count). The number of carbonyl (C=O) groups excluding carboxylic acids is 2. The van der Waals surface area contributed by atoms with E-state index < -0.39 is 0 Å². The van der Waals surface area contributed by atoms with Crippen LogP contribution in [0.3, 0.4) is 0 Å². The summed E-state index contributed by atoms with van der Waals surface area (Å²) in [5.41, 5.74) is 4.30. The first-order chi connectivity index (χ1) is 15.2. The van der Waals surface area contributed by atoms with Crippen molar-refractivity contribution in [3.63, 3.8) is 0 Å². The quantitative estimate of drug-likeness (QED) is 0.557. The smallest absolute Gasteiger partial charge is 0.225 e. The minimum Gasteiger partial charge on any atom is -0.355 e. The van der Waals surface area contributed by atoms with E-state index in [1.165, 1.54) is 6.07 Å². The van der Waals surface area contributed by atoms with E-state index in [-0.39, 0.29) is 65.6 Å². The molecule has 0 saturated carbocycles. The Kier molecular flexibility index (Phi) is 6.83. The highest BCUT2D eigenvalue weighted by molar-refractivity contribution is 5.83. The van der Waals surface area contributed by atoms with Gasteiger partial charge in [-0.25, -0.2) is 9.40 Å². The summed E-state index contributed by atoms with van der Waals surface area (Å²) in [6.45, 7) is 9.38. The average Bonchev–Trinajstić information content (AvgIpc) is 3.16. The number of piperidine rings is 2. The summed E-state index contributed by atoms with van der Waals surface area (Å²) in [5.74, 6) is -0.388. The molecular formula is C24H36FN5O2. The van der Waals surface area contributed by atoms with E-state index in [4.69, 9.17) is 0 Å². The van der Waals surface area contributed by atoms with E-state index in [0.29, 0.717) is 19.5 Å². The fraction of sp³-hybridized carbons (Fsp3) is 0.667. The monoisotopic (exact) mass is 445 g/mol. The molecule has 0 aliphatic carbocycles. The summed E-state index contributed by atoms with van der Waals surface area (Å²) >= 11 is 0. The number of halogens is 1. The standard InChI is InChI=1S/C24H36FN5O2/c1-13(2)30-22-20(12-27-30)18(10-21(29-22)16-6-5-7-17(25)9-16)23(31)26-11-19-14(3)8-15(4)28-24(19)32/h5-7,9,13-15,18-22,27,29H,8,10-12H2,1-4H3,(H,26,31)(H,28,32). The Balaban J connectivity index is 1.50. The highest BCUT2D eigenvalue weighted by Crippen LogP contribution is 2.38. The second-order valence-corrected chi connectivity index (χ2v) is 10.1. The van der Waals surface area contributed by atoms with Gasteiger partial charge in [-0.05, 0) is 57.2 Å². The predicted octanol–water partition coefficient (Wildman–Crippen LogP) is 1.92. The molecule has 1 aromatic carbocycles. The third kappa shape index (κ3) is 4.67. The van der Waals surface area contributed by atoms with Gasteiger partial charge in [0, 0.05) is 43.1 Å². The number of nitrogens with one attached hydrogen (secondary N) is 4. The van der Waals surface area contributed by atoms with Crippen molar-refractivity contribution in [2.45, 2.75) is 64.8 Å². The molecule has 1 aromatic rings. The maximum Gasteiger partial charge on any atom is 0.225 e. The molecule has 4 N–H and O–H groups in total. The van der Waals surface area contributed by atoms with Gasteiger partial charge in [0.1, 0.15) is 5.82 Å². The van der Waals surface area contributed by atoms with E-state index in [0.717, 1.165) is 12.0 Å². The van der Waals surface area contributed by atoms with E-state index in [1.54, 1.807) is 12.1 Å². The number of fused-ring (bicyclic) bond motifs is 1. The topological polar surface area (TPSA) is 85.5 Å². The van der Waals surface area contributed by atoms with Crippen LogP contribution in [0.25, 0.3) is 0 Å². The molecule has 2 amide bonds. The SMILES string of the molecule is CC1CC(C)C(CNC(=O)C2CC(c3cccc(F)c3)NC3C2CNN3C(C)C)C(=O)N1. The lowest BCUT2D eigenvalue weighted by atomic mass is 9.78. The van der Waals surface area contributed by atoms with Gasteiger partial charge in [0.25, 0.3) is 0 Å². The molecular weight excluding hydrogens is 409 g/mol. The normalized spacial score (nSPS) is 35.4. The third-order valence-electron chi connectivity index (χ3n) is 7.37. The second kappa shape index (κ2) is 9.45. The van der Waals surface area contributed by atoms with Crippen molar-refractivity contribution in [1.82, 2.24) is 26.4 Å². The highest BCUT2D eigenvalue weighted by atomic mass is 19.1. The summed E-state index contributed by atoms with van der Waals surface area (Å²) in [6.07, 6.45) is 1.48. The van der Waals surface area contributed by atoms with Gasteiger partial charge >= 0.3 is 0 Å². The van der Waals surface area contributed by atoms with E-state index in [9.17, 15) is 14.0 Å². The van der Waals surface area contributed by atoms with Crippen molar-refractivity contribution < 1.29 is 14.0 Å².